The summed E-state index contributed by atoms with van der Waals surface area (Å²) in [7, 11) is 0. The average Bonchev–Trinajstić information content (AvgIpc) is 3.59. The van der Waals surface area contributed by atoms with Gasteiger partial charge in [0.05, 0.1) is 11.7 Å². The second-order valence-electron chi connectivity index (χ2n) is 10.9. The van der Waals surface area contributed by atoms with Gasteiger partial charge in [-0.2, -0.15) is 10.4 Å². The zero-order valence-corrected chi connectivity index (χ0v) is 21.1. The maximum Gasteiger partial charge on any atom is 0.245 e. The molecule has 1 N–H and O–H groups in total. The molecule has 0 radical (unpaired) electrons. The Bertz CT molecular complexity index is 1420. The number of hydrogen-bond donors (Lipinski definition) is 1. The molecule has 6 rings (SSSR count). The Balaban J connectivity index is 1.47. The number of carbonyl (C=O) groups excluding carboxylic acids is 1. The van der Waals surface area contributed by atoms with E-state index in [0.717, 1.165) is 91.0 Å². The van der Waals surface area contributed by atoms with Gasteiger partial charge < -0.3 is 9.80 Å². The molecule has 0 bridgehead atoms. The summed E-state index contributed by atoms with van der Waals surface area (Å²) in [5.41, 5.74) is 7.44. The fraction of sp³-hybridized carbons (Fsp3) is 0.448. The molecule has 7 heteroatoms. The van der Waals surface area contributed by atoms with Crippen LogP contribution in [0.4, 0.5) is 5.82 Å². The molecule has 1 amide bonds. The van der Waals surface area contributed by atoms with Gasteiger partial charge in [0.25, 0.3) is 0 Å². The number of benzene rings is 1. The summed E-state index contributed by atoms with van der Waals surface area (Å²) < 4.78 is 0. The van der Waals surface area contributed by atoms with Crippen molar-refractivity contribution in [2.45, 2.75) is 46.0 Å². The Morgan fingerprint density at radius 1 is 1.31 bits per heavy atom. The Kier molecular flexibility index (Phi) is 5.36. The topological polar surface area (TPSA) is 88.9 Å². The van der Waals surface area contributed by atoms with Crippen LogP contribution in [-0.2, 0) is 17.6 Å². The van der Waals surface area contributed by atoms with Crippen molar-refractivity contribution < 1.29 is 4.79 Å². The number of pyridine rings is 1. The van der Waals surface area contributed by atoms with Crippen molar-refractivity contribution in [2.24, 2.45) is 11.3 Å². The molecule has 7 nitrogen and oxygen atoms in total. The summed E-state index contributed by atoms with van der Waals surface area (Å²) in [6.07, 6.45) is 8.54. The van der Waals surface area contributed by atoms with E-state index in [1.165, 1.54) is 18.1 Å². The minimum absolute atomic E-state index is 0.000351. The highest BCUT2D eigenvalue weighted by atomic mass is 16.2. The molecule has 3 aliphatic rings. The number of hydrogen-bond acceptors (Lipinski definition) is 5. The minimum atomic E-state index is 0.000351. The lowest BCUT2D eigenvalue weighted by Crippen LogP contribution is -2.59. The molecule has 0 unspecified atom stereocenters. The first kappa shape index (κ1) is 22.8. The molecule has 1 spiro atoms. The van der Waals surface area contributed by atoms with E-state index in [2.05, 4.69) is 53.7 Å². The summed E-state index contributed by atoms with van der Waals surface area (Å²) in [5, 5.41) is 19.1. The first-order valence-corrected chi connectivity index (χ1v) is 13.0. The summed E-state index contributed by atoms with van der Waals surface area (Å²) in [6.45, 7) is 11.2. The molecule has 1 atom stereocenters. The van der Waals surface area contributed by atoms with Crippen LogP contribution in [0.2, 0.25) is 0 Å². The number of likely N-dealkylation sites (tertiary alicyclic amines) is 1. The predicted molar refractivity (Wildman–Crippen MR) is 141 cm³/mol. The number of fused-ring (bicyclic) bond motifs is 2. The van der Waals surface area contributed by atoms with Gasteiger partial charge in [0.1, 0.15) is 17.5 Å². The van der Waals surface area contributed by atoms with Crippen LogP contribution in [0.15, 0.2) is 31.0 Å². The van der Waals surface area contributed by atoms with Gasteiger partial charge in [0.15, 0.2) is 0 Å². The van der Waals surface area contributed by atoms with E-state index in [4.69, 9.17) is 4.98 Å². The number of aromatic amines is 1. The molecule has 3 aromatic rings. The maximum atomic E-state index is 12.0. The van der Waals surface area contributed by atoms with E-state index in [1.807, 2.05) is 11.1 Å². The van der Waals surface area contributed by atoms with Gasteiger partial charge in [-0.25, -0.2) is 4.98 Å². The van der Waals surface area contributed by atoms with E-state index < -0.39 is 0 Å². The number of nitrogens with one attached hydrogen (secondary N) is 1. The molecule has 2 fully saturated rings. The maximum absolute atomic E-state index is 12.0. The largest absolute Gasteiger partial charge is 0.355 e. The number of anilines is 1. The molecule has 2 saturated heterocycles. The van der Waals surface area contributed by atoms with Crippen molar-refractivity contribution in [1.82, 2.24) is 20.1 Å². The van der Waals surface area contributed by atoms with Crippen LogP contribution in [0.25, 0.3) is 22.0 Å². The number of nitriles is 1. The van der Waals surface area contributed by atoms with E-state index in [9.17, 15) is 10.1 Å². The number of nitrogens with zero attached hydrogens (tertiary/aromatic N) is 5. The molecule has 36 heavy (non-hydrogen) atoms. The standard InChI is InChI=1S/C29H32N6O/c1-4-6-19-11-20-24(12-19)32-28(34-10-9-29(15-34)16-35(17-29)25(36)5-2)21(13-30)27(20)26-18(3)7-8-23-22(26)14-31-33-23/h5,7-8,14,19H,2,4,6,9-12,15-17H2,1,3H3,(H,31,33)/t19-/m1/s1. The molecule has 4 heterocycles. The lowest BCUT2D eigenvalue weighted by Gasteiger charge is -2.47. The number of amides is 1. The summed E-state index contributed by atoms with van der Waals surface area (Å²) in [4.78, 5) is 21.4. The zero-order chi connectivity index (χ0) is 25.0. The van der Waals surface area contributed by atoms with Gasteiger partial charge >= 0.3 is 0 Å². The fourth-order valence-electron chi connectivity index (χ4n) is 6.78. The van der Waals surface area contributed by atoms with Crippen molar-refractivity contribution in [3.05, 3.63) is 53.4 Å². The lowest BCUT2D eigenvalue weighted by atomic mass is 9.79. The Morgan fingerprint density at radius 3 is 2.89 bits per heavy atom. The molecule has 1 aromatic carbocycles. The number of rotatable bonds is 5. The van der Waals surface area contributed by atoms with Crippen LogP contribution in [0.3, 0.4) is 0 Å². The van der Waals surface area contributed by atoms with E-state index in [-0.39, 0.29) is 11.3 Å². The highest BCUT2D eigenvalue weighted by Crippen LogP contribution is 2.47. The van der Waals surface area contributed by atoms with Crippen LogP contribution in [0.5, 0.6) is 0 Å². The van der Waals surface area contributed by atoms with Gasteiger partial charge in [0.2, 0.25) is 5.91 Å². The van der Waals surface area contributed by atoms with Gasteiger partial charge in [-0.15, -0.1) is 0 Å². The predicted octanol–water partition coefficient (Wildman–Crippen LogP) is 4.54. The van der Waals surface area contributed by atoms with Crippen LogP contribution >= 0.6 is 0 Å². The first-order chi connectivity index (χ1) is 17.5. The molecular formula is C29H32N6O. The Labute approximate surface area is 211 Å². The number of carbonyl (C=O) groups is 1. The minimum Gasteiger partial charge on any atom is -0.355 e. The first-order valence-electron chi connectivity index (χ1n) is 13.0. The monoisotopic (exact) mass is 480 g/mol. The average molecular weight is 481 g/mol. The van der Waals surface area contributed by atoms with Crippen molar-refractivity contribution in [3.8, 4) is 17.2 Å². The van der Waals surface area contributed by atoms with Crippen molar-refractivity contribution in [2.75, 3.05) is 31.1 Å². The second kappa shape index (κ2) is 8.48. The highest BCUT2D eigenvalue weighted by molar-refractivity contribution is 5.99. The smallest absolute Gasteiger partial charge is 0.245 e. The molecule has 2 aliphatic heterocycles. The van der Waals surface area contributed by atoms with Crippen LogP contribution < -0.4 is 4.90 Å². The zero-order valence-electron chi connectivity index (χ0n) is 21.1. The number of aryl methyl sites for hydroxylation is 1. The fourth-order valence-corrected chi connectivity index (χ4v) is 6.78. The Morgan fingerprint density at radius 2 is 2.14 bits per heavy atom. The van der Waals surface area contributed by atoms with Crippen molar-refractivity contribution >= 4 is 22.6 Å². The van der Waals surface area contributed by atoms with Gasteiger partial charge in [-0.3, -0.25) is 9.89 Å². The second-order valence-corrected chi connectivity index (χ2v) is 10.9. The molecule has 0 saturated carbocycles. The van der Waals surface area contributed by atoms with Gasteiger partial charge in [-0.05, 0) is 60.9 Å². The molecule has 184 valence electrons. The molecule has 2 aromatic heterocycles. The Hall–Kier alpha value is -3.66. The third kappa shape index (κ3) is 3.42. The lowest BCUT2D eigenvalue weighted by molar-refractivity contribution is -0.136. The van der Waals surface area contributed by atoms with Crippen LogP contribution in [-0.4, -0.2) is 52.2 Å². The summed E-state index contributed by atoms with van der Waals surface area (Å²) in [6, 6.07) is 6.77. The van der Waals surface area contributed by atoms with Crippen molar-refractivity contribution in [3.63, 3.8) is 0 Å². The third-order valence-electron chi connectivity index (χ3n) is 8.51. The summed E-state index contributed by atoms with van der Waals surface area (Å²) in [5.74, 6) is 1.38. The van der Waals surface area contributed by atoms with Crippen molar-refractivity contribution in [1.29, 1.82) is 5.26 Å². The van der Waals surface area contributed by atoms with E-state index in [1.54, 1.807) is 0 Å². The van der Waals surface area contributed by atoms with Gasteiger partial charge in [-0.1, -0.05) is 32.4 Å². The highest BCUT2D eigenvalue weighted by Gasteiger charge is 2.49. The molecular weight excluding hydrogens is 448 g/mol. The van der Waals surface area contributed by atoms with E-state index >= 15 is 0 Å². The molecule has 1 aliphatic carbocycles. The third-order valence-corrected chi connectivity index (χ3v) is 8.51. The normalized spacial score (nSPS) is 20.0. The summed E-state index contributed by atoms with van der Waals surface area (Å²) >= 11 is 0. The van der Waals surface area contributed by atoms with E-state index in [0.29, 0.717) is 11.5 Å². The van der Waals surface area contributed by atoms with Crippen LogP contribution in [0, 0.1) is 29.6 Å². The van der Waals surface area contributed by atoms with Crippen LogP contribution in [0.1, 0.15) is 48.6 Å². The number of H-pyrrole nitrogens is 1. The quantitative estimate of drug-likeness (QED) is 0.542. The number of aromatic nitrogens is 3. The van der Waals surface area contributed by atoms with Gasteiger partial charge in [0, 0.05) is 48.2 Å². The SMILES string of the molecule is C=CC(=O)N1CC2(CCN(c3nc4c(c(-c5c(C)ccc6[nH]ncc56)c3C#N)C[C@@H](CCC)C4)C2)C1.